The SMILES string of the molecule is CCc1ncc(S(=O)(=O)N2CCN(CC)CC2)cc1-c1nc2c(CC)n(C(C)c3ccccn3)nc2c(=O)[nH]1. The maximum Gasteiger partial charge on any atom is 0.279 e. The lowest BCUT2D eigenvalue weighted by atomic mass is 10.1. The Morgan fingerprint density at radius 1 is 1.03 bits per heavy atom. The van der Waals surface area contributed by atoms with Crippen LogP contribution in [0, 0.1) is 0 Å². The Balaban J connectivity index is 1.59. The van der Waals surface area contributed by atoms with Crippen molar-refractivity contribution in [2.45, 2.75) is 51.5 Å². The van der Waals surface area contributed by atoms with E-state index >= 15 is 0 Å². The third kappa shape index (κ3) is 4.99. The number of fused-ring (bicyclic) bond motifs is 1. The highest BCUT2D eigenvalue weighted by molar-refractivity contribution is 7.89. The van der Waals surface area contributed by atoms with Crippen molar-refractivity contribution in [2.24, 2.45) is 0 Å². The Kier molecular flexibility index (Phi) is 7.61. The number of pyridine rings is 2. The predicted octanol–water partition coefficient (Wildman–Crippen LogP) is 2.64. The molecule has 1 saturated heterocycles. The number of aromatic nitrogens is 6. The molecule has 0 radical (unpaired) electrons. The van der Waals surface area contributed by atoms with Crippen molar-refractivity contribution in [1.82, 2.24) is 38.9 Å². The quantitative estimate of drug-likeness (QED) is 0.354. The van der Waals surface area contributed by atoms with Crippen molar-refractivity contribution in [3.05, 3.63) is 64.1 Å². The summed E-state index contributed by atoms with van der Waals surface area (Å²) in [5.41, 5.74) is 3.12. The van der Waals surface area contributed by atoms with Gasteiger partial charge in [0.05, 0.1) is 23.1 Å². The van der Waals surface area contributed by atoms with E-state index < -0.39 is 10.0 Å². The van der Waals surface area contributed by atoms with Gasteiger partial charge in [-0.25, -0.2) is 13.4 Å². The van der Waals surface area contributed by atoms with Gasteiger partial charge in [0.1, 0.15) is 16.2 Å². The van der Waals surface area contributed by atoms with Crippen molar-refractivity contribution < 1.29 is 8.42 Å². The second-order valence-corrected chi connectivity index (χ2v) is 11.6. The average Bonchev–Trinajstić information content (AvgIpc) is 3.36. The maximum absolute atomic E-state index is 13.5. The van der Waals surface area contributed by atoms with E-state index in [4.69, 9.17) is 4.98 Å². The molecule has 0 aromatic carbocycles. The van der Waals surface area contributed by atoms with Gasteiger partial charge >= 0.3 is 0 Å². The topological polar surface area (TPSA) is 130 Å². The molecule has 0 amide bonds. The van der Waals surface area contributed by atoms with E-state index in [1.807, 2.05) is 39.0 Å². The van der Waals surface area contributed by atoms with Crippen LogP contribution in [0.15, 0.2) is 46.3 Å². The third-order valence-electron chi connectivity index (χ3n) is 7.42. The Morgan fingerprint density at radius 2 is 1.79 bits per heavy atom. The Bertz CT molecular complexity index is 1640. The van der Waals surface area contributed by atoms with Crippen molar-refractivity contribution >= 4 is 21.1 Å². The summed E-state index contributed by atoms with van der Waals surface area (Å²) < 4.78 is 30.3. The molecule has 12 heteroatoms. The average molecular weight is 551 g/mol. The highest BCUT2D eigenvalue weighted by Crippen LogP contribution is 2.28. The van der Waals surface area contributed by atoms with E-state index in [9.17, 15) is 13.2 Å². The second kappa shape index (κ2) is 10.9. The van der Waals surface area contributed by atoms with E-state index in [0.29, 0.717) is 55.8 Å². The van der Waals surface area contributed by atoms with Crippen molar-refractivity contribution in [3.8, 4) is 11.4 Å². The summed E-state index contributed by atoms with van der Waals surface area (Å²) >= 11 is 0. The van der Waals surface area contributed by atoms with E-state index in [1.54, 1.807) is 16.9 Å². The van der Waals surface area contributed by atoms with Gasteiger partial charge in [-0.1, -0.05) is 26.8 Å². The van der Waals surface area contributed by atoms with Gasteiger partial charge in [0.15, 0.2) is 5.52 Å². The molecule has 4 aromatic heterocycles. The van der Waals surface area contributed by atoms with E-state index in [-0.39, 0.29) is 27.8 Å². The normalized spacial score (nSPS) is 16.1. The van der Waals surface area contributed by atoms with Crippen LogP contribution in [-0.2, 0) is 22.9 Å². The number of H-pyrrole nitrogens is 1. The van der Waals surface area contributed by atoms with Crippen LogP contribution in [0.5, 0.6) is 0 Å². The number of aromatic amines is 1. The van der Waals surface area contributed by atoms with Crippen molar-refractivity contribution in [3.63, 3.8) is 0 Å². The number of likely N-dealkylation sites (N-methyl/N-ethyl adjacent to an activating group) is 1. The minimum atomic E-state index is -3.75. The van der Waals surface area contributed by atoms with Crippen LogP contribution < -0.4 is 5.56 Å². The minimum Gasteiger partial charge on any atom is -0.305 e. The molecule has 0 spiro atoms. The number of aryl methyl sites for hydroxylation is 2. The zero-order valence-electron chi connectivity index (χ0n) is 22.8. The second-order valence-electron chi connectivity index (χ2n) is 9.64. The minimum absolute atomic E-state index is 0.0950. The van der Waals surface area contributed by atoms with Gasteiger partial charge < -0.3 is 9.88 Å². The first-order valence-corrected chi connectivity index (χ1v) is 14.9. The zero-order chi connectivity index (χ0) is 27.7. The summed E-state index contributed by atoms with van der Waals surface area (Å²) in [6.07, 6.45) is 4.28. The van der Waals surface area contributed by atoms with E-state index in [1.165, 1.54) is 10.5 Å². The van der Waals surface area contributed by atoms with Crippen LogP contribution in [0.3, 0.4) is 0 Å². The molecule has 5 rings (SSSR count). The van der Waals surface area contributed by atoms with Gasteiger partial charge in [0.25, 0.3) is 5.56 Å². The number of rotatable bonds is 8. The van der Waals surface area contributed by atoms with Crippen molar-refractivity contribution in [2.75, 3.05) is 32.7 Å². The monoisotopic (exact) mass is 550 g/mol. The Labute approximate surface area is 228 Å². The number of hydrogen-bond donors (Lipinski definition) is 1. The molecule has 1 unspecified atom stereocenters. The molecular weight excluding hydrogens is 516 g/mol. The van der Waals surface area contributed by atoms with Gasteiger partial charge in [-0.2, -0.15) is 9.40 Å². The summed E-state index contributed by atoms with van der Waals surface area (Å²) in [7, 11) is -3.75. The molecular formula is C27H34N8O3S. The highest BCUT2D eigenvalue weighted by Gasteiger charge is 2.29. The lowest BCUT2D eigenvalue weighted by Gasteiger charge is -2.33. The van der Waals surface area contributed by atoms with Gasteiger partial charge in [0, 0.05) is 44.1 Å². The number of piperazine rings is 1. The lowest BCUT2D eigenvalue weighted by molar-refractivity contribution is 0.196. The molecule has 0 aliphatic carbocycles. The third-order valence-corrected chi connectivity index (χ3v) is 9.29. The van der Waals surface area contributed by atoms with Crippen LogP contribution in [0.25, 0.3) is 22.4 Å². The molecule has 5 heterocycles. The summed E-state index contributed by atoms with van der Waals surface area (Å²) in [6, 6.07) is 7.08. The molecule has 1 aliphatic rings. The molecule has 1 fully saturated rings. The van der Waals surface area contributed by atoms with E-state index in [2.05, 4.69) is 31.9 Å². The molecule has 39 heavy (non-hydrogen) atoms. The lowest BCUT2D eigenvalue weighted by Crippen LogP contribution is -2.48. The number of sulfonamides is 1. The maximum atomic E-state index is 13.5. The zero-order valence-corrected chi connectivity index (χ0v) is 23.6. The number of hydrogen-bond acceptors (Lipinski definition) is 8. The molecule has 0 bridgehead atoms. The standard InChI is InChI=1S/C27H34N8O3S/c1-5-21-20(16-19(17-29-21)39(37,38)34-14-12-33(7-3)13-15-34)26-30-24-23(6-2)35(32-25(24)27(36)31-26)18(4)22-10-8-9-11-28-22/h8-11,16-18H,5-7,12-15H2,1-4H3,(H,30,31,36). The smallest absolute Gasteiger partial charge is 0.279 e. The number of nitrogens with zero attached hydrogens (tertiary/aromatic N) is 7. The van der Waals surface area contributed by atoms with Crippen LogP contribution in [-0.4, -0.2) is 80.1 Å². The summed E-state index contributed by atoms with van der Waals surface area (Å²) in [5, 5.41) is 4.62. The molecule has 1 N–H and O–H groups in total. The Hall–Kier alpha value is -3.48. The molecule has 4 aromatic rings. The van der Waals surface area contributed by atoms with Gasteiger partial charge in [-0.3, -0.25) is 19.4 Å². The number of nitrogens with one attached hydrogen (secondary N) is 1. The summed E-state index contributed by atoms with van der Waals surface area (Å²) in [4.78, 5) is 32.2. The van der Waals surface area contributed by atoms with E-state index in [0.717, 1.165) is 17.9 Å². The predicted molar refractivity (Wildman–Crippen MR) is 149 cm³/mol. The van der Waals surface area contributed by atoms with Crippen LogP contribution >= 0.6 is 0 Å². The Morgan fingerprint density at radius 3 is 2.44 bits per heavy atom. The van der Waals surface area contributed by atoms with Crippen molar-refractivity contribution in [1.29, 1.82) is 0 Å². The van der Waals surface area contributed by atoms with Crippen LogP contribution in [0.4, 0.5) is 0 Å². The summed E-state index contributed by atoms with van der Waals surface area (Å²) in [6.45, 7) is 11.1. The van der Waals surface area contributed by atoms with Gasteiger partial charge in [0.2, 0.25) is 10.0 Å². The molecule has 206 valence electrons. The molecule has 0 saturated carbocycles. The highest BCUT2D eigenvalue weighted by atomic mass is 32.2. The first-order valence-electron chi connectivity index (χ1n) is 13.4. The molecule has 1 atom stereocenters. The fourth-order valence-corrected chi connectivity index (χ4v) is 6.50. The van der Waals surface area contributed by atoms with Gasteiger partial charge in [-0.15, -0.1) is 0 Å². The summed E-state index contributed by atoms with van der Waals surface area (Å²) in [5.74, 6) is 0.282. The molecule has 11 nitrogen and oxygen atoms in total. The fraction of sp³-hybridized carbons (Fsp3) is 0.444. The van der Waals surface area contributed by atoms with Gasteiger partial charge in [-0.05, 0) is 44.5 Å². The largest absolute Gasteiger partial charge is 0.305 e. The van der Waals surface area contributed by atoms with Crippen LogP contribution in [0.2, 0.25) is 0 Å². The fourth-order valence-electron chi connectivity index (χ4n) is 5.10. The first-order chi connectivity index (χ1) is 18.8. The van der Waals surface area contributed by atoms with Crippen LogP contribution in [0.1, 0.15) is 50.8 Å². The molecule has 1 aliphatic heterocycles. The first kappa shape index (κ1) is 27.1.